The van der Waals surface area contributed by atoms with Crippen LogP contribution in [0.15, 0.2) is 58.4 Å². The molecule has 0 radical (unpaired) electrons. The van der Waals surface area contributed by atoms with Crippen LogP contribution in [0.25, 0.3) is 10.9 Å². The zero-order chi connectivity index (χ0) is 16.1. The van der Waals surface area contributed by atoms with E-state index >= 15 is 0 Å². The molecule has 7 heteroatoms. The van der Waals surface area contributed by atoms with Gasteiger partial charge in [0.05, 0.1) is 19.0 Å². The Balaban J connectivity index is 1.51. The van der Waals surface area contributed by atoms with Gasteiger partial charge in [0.15, 0.2) is 5.76 Å². The highest BCUT2D eigenvalue weighted by Crippen LogP contribution is 2.15. The molecule has 1 aromatic carbocycles. The van der Waals surface area contributed by atoms with E-state index in [4.69, 9.17) is 4.42 Å². The van der Waals surface area contributed by atoms with Crippen LogP contribution in [0.4, 0.5) is 0 Å². The van der Waals surface area contributed by atoms with Gasteiger partial charge < -0.3 is 14.7 Å². The summed E-state index contributed by atoms with van der Waals surface area (Å²) in [5.74, 6) is -0.730. The first kappa shape index (κ1) is 14.6. The van der Waals surface area contributed by atoms with Crippen molar-refractivity contribution >= 4 is 28.9 Å². The molecule has 0 fully saturated rings. The van der Waals surface area contributed by atoms with Crippen molar-refractivity contribution in [1.29, 1.82) is 0 Å². The summed E-state index contributed by atoms with van der Waals surface area (Å²) in [4.78, 5) is 26.3. The highest BCUT2D eigenvalue weighted by Gasteiger charge is 2.09. The summed E-state index contributed by atoms with van der Waals surface area (Å²) in [6, 6.07) is 10.9. The minimum absolute atomic E-state index is 0.153. The van der Waals surface area contributed by atoms with Gasteiger partial charge in [0, 0.05) is 22.7 Å². The first-order chi connectivity index (χ1) is 11.2. The molecule has 0 saturated heterocycles. The number of aromatic amines is 1. The maximum atomic E-state index is 11.6. The van der Waals surface area contributed by atoms with E-state index in [9.17, 15) is 9.59 Å². The van der Waals surface area contributed by atoms with Crippen molar-refractivity contribution < 1.29 is 14.0 Å². The minimum atomic E-state index is -0.453. The SMILES string of the molecule is O=C(CNC(=O)c1ccco1)N/N=C/c1c[nH]c2ccccc12. The van der Waals surface area contributed by atoms with Crippen LogP contribution in [-0.4, -0.2) is 29.6 Å². The summed E-state index contributed by atoms with van der Waals surface area (Å²) in [5.41, 5.74) is 4.21. The third kappa shape index (κ3) is 3.46. The standard InChI is InChI=1S/C16H14N4O3/c21-15(10-18-16(22)14-6-3-7-23-14)20-19-9-11-8-17-13-5-2-1-4-12(11)13/h1-9,17H,10H2,(H,18,22)(H,20,21)/b19-9+. The lowest BCUT2D eigenvalue weighted by Gasteiger charge is -2.01. The third-order valence-corrected chi connectivity index (χ3v) is 3.17. The average molecular weight is 310 g/mol. The summed E-state index contributed by atoms with van der Waals surface area (Å²) in [5, 5.41) is 7.33. The van der Waals surface area contributed by atoms with E-state index in [-0.39, 0.29) is 12.3 Å². The molecule has 0 saturated carbocycles. The number of H-pyrrole nitrogens is 1. The van der Waals surface area contributed by atoms with Gasteiger partial charge >= 0.3 is 0 Å². The minimum Gasteiger partial charge on any atom is -0.459 e. The molecule has 116 valence electrons. The maximum absolute atomic E-state index is 11.6. The van der Waals surface area contributed by atoms with Crippen molar-refractivity contribution in [2.24, 2.45) is 5.10 Å². The lowest BCUT2D eigenvalue weighted by molar-refractivity contribution is -0.120. The second kappa shape index (κ2) is 6.61. The van der Waals surface area contributed by atoms with Crippen molar-refractivity contribution in [3.8, 4) is 0 Å². The van der Waals surface area contributed by atoms with Crippen LogP contribution in [0.1, 0.15) is 16.1 Å². The number of nitrogens with one attached hydrogen (secondary N) is 3. The Morgan fingerprint density at radius 1 is 1.22 bits per heavy atom. The van der Waals surface area contributed by atoms with Crippen molar-refractivity contribution in [2.75, 3.05) is 6.54 Å². The summed E-state index contributed by atoms with van der Waals surface area (Å²) in [6.07, 6.45) is 4.74. The lowest BCUT2D eigenvalue weighted by atomic mass is 10.2. The molecule has 23 heavy (non-hydrogen) atoms. The molecule has 2 heterocycles. The number of rotatable bonds is 5. The number of benzene rings is 1. The van der Waals surface area contributed by atoms with Crippen LogP contribution in [0.3, 0.4) is 0 Å². The van der Waals surface area contributed by atoms with Crippen LogP contribution >= 0.6 is 0 Å². The highest BCUT2D eigenvalue weighted by molar-refractivity contribution is 5.99. The molecule has 0 aliphatic heterocycles. The van der Waals surface area contributed by atoms with Gasteiger partial charge in [0.2, 0.25) is 0 Å². The number of nitrogens with zero attached hydrogens (tertiary/aromatic N) is 1. The predicted octanol–water partition coefficient (Wildman–Crippen LogP) is 1.64. The normalized spacial score (nSPS) is 11.0. The number of amides is 2. The number of para-hydroxylation sites is 1. The van der Waals surface area contributed by atoms with E-state index in [0.717, 1.165) is 16.5 Å². The average Bonchev–Trinajstić information content (AvgIpc) is 3.23. The summed E-state index contributed by atoms with van der Waals surface area (Å²) < 4.78 is 4.92. The number of furan rings is 1. The Labute approximate surface area is 131 Å². The van der Waals surface area contributed by atoms with Gasteiger partial charge in [-0.1, -0.05) is 18.2 Å². The Kier molecular flexibility index (Phi) is 4.19. The van der Waals surface area contributed by atoms with Gasteiger partial charge in [-0.05, 0) is 18.2 Å². The predicted molar refractivity (Wildman–Crippen MR) is 85.1 cm³/mol. The topological polar surface area (TPSA) is 99.5 Å². The number of hydrogen-bond acceptors (Lipinski definition) is 4. The number of aromatic nitrogens is 1. The fraction of sp³-hybridized carbons (Fsp3) is 0.0625. The van der Waals surface area contributed by atoms with Crippen molar-refractivity contribution in [1.82, 2.24) is 15.7 Å². The van der Waals surface area contributed by atoms with Crippen molar-refractivity contribution in [3.05, 3.63) is 60.2 Å². The lowest BCUT2D eigenvalue weighted by Crippen LogP contribution is -2.34. The van der Waals surface area contributed by atoms with E-state index < -0.39 is 11.8 Å². The Hall–Kier alpha value is -3.35. The Morgan fingerprint density at radius 3 is 2.91 bits per heavy atom. The van der Waals surface area contributed by atoms with E-state index in [1.54, 1.807) is 18.5 Å². The molecule has 0 aliphatic carbocycles. The molecule has 7 nitrogen and oxygen atoms in total. The maximum Gasteiger partial charge on any atom is 0.287 e. The molecular formula is C16H14N4O3. The van der Waals surface area contributed by atoms with Gasteiger partial charge in [0.25, 0.3) is 11.8 Å². The molecule has 0 aliphatic rings. The highest BCUT2D eigenvalue weighted by atomic mass is 16.3. The van der Waals surface area contributed by atoms with Crippen LogP contribution in [0, 0.1) is 0 Å². The zero-order valence-electron chi connectivity index (χ0n) is 12.1. The van der Waals surface area contributed by atoms with E-state index in [2.05, 4.69) is 20.8 Å². The second-order valence-electron chi connectivity index (χ2n) is 4.74. The Bertz CT molecular complexity index is 849. The van der Waals surface area contributed by atoms with Crippen molar-refractivity contribution in [3.63, 3.8) is 0 Å². The molecule has 0 spiro atoms. The zero-order valence-corrected chi connectivity index (χ0v) is 12.1. The van der Waals surface area contributed by atoms with Gasteiger partial charge in [-0.15, -0.1) is 0 Å². The second-order valence-corrected chi connectivity index (χ2v) is 4.74. The summed E-state index contributed by atoms with van der Waals surface area (Å²) in [6.45, 7) is -0.190. The molecule has 3 rings (SSSR count). The van der Waals surface area contributed by atoms with Gasteiger partial charge in [-0.3, -0.25) is 9.59 Å². The van der Waals surface area contributed by atoms with E-state index in [1.807, 2.05) is 24.3 Å². The molecule has 3 aromatic rings. The van der Waals surface area contributed by atoms with E-state index in [0.29, 0.717) is 0 Å². The summed E-state index contributed by atoms with van der Waals surface area (Å²) >= 11 is 0. The molecule has 2 amide bonds. The first-order valence-electron chi connectivity index (χ1n) is 6.94. The van der Waals surface area contributed by atoms with Crippen LogP contribution < -0.4 is 10.7 Å². The number of carbonyl (C=O) groups excluding carboxylic acids is 2. The smallest absolute Gasteiger partial charge is 0.287 e. The number of hydrogen-bond donors (Lipinski definition) is 3. The molecule has 0 unspecified atom stereocenters. The molecule has 2 aromatic heterocycles. The fourth-order valence-electron chi connectivity index (χ4n) is 2.07. The van der Waals surface area contributed by atoms with Gasteiger partial charge in [0.1, 0.15) is 0 Å². The molecule has 3 N–H and O–H groups in total. The monoisotopic (exact) mass is 310 g/mol. The van der Waals surface area contributed by atoms with Crippen molar-refractivity contribution in [2.45, 2.75) is 0 Å². The van der Waals surface area contributed by atoms with Gasteiger partial charge in [-0.2, -0.15) is 5.10 Å². The van der Waals surface area contributed by atoms with Crippen LogP contribution in [0.5, 0.6) is 0 Å². The summed E-state index contributed by atoms with van der Waals surface area (Å²) in [7, 11) is 0. The third-order valence-electron chi connectivity index (χ3n) is 3.17. The fourth-order valence-corrected chi connectivity index (χ4v) is 2.07. The first-order valence-corrected chi connectivity index (χ1v) is 6.94. The largest absolute Gasteiger partial charge is 0.459 e. The van der Waals surface area contributed by atoms with Crippen LogP contribution in [0.2, 0.25) is 0 Å². The molecule has 0 atom stereocenters. The quantitative estimate of drug-likeness (QED) is 0.493. The van der Waals surface area contributed by atoms with Crippen LogP contribution in [-0.2, 0) is 4.79 Å². The Morgan fingerprint density at radius 2 is 2.09 bits per heavy atom. The molecular weight excluding hydrogens is 296 g/mol. The number of hydrazone groups is 1. The number of carbonyl (C=O) groups is 2. The van der Waals surface area contributed by atoms with E-state index in [1.165, 1.54) is 12.3 Å². The number of fused-ring (bicyclic) bond motifs is 1. The molecule has 0 bridgehead atoms. The van der Waals surface area contributed by atoms with Gasteiger partial charge in [-0.25, -0.2) is 5.43 Å².